The molecule has 2 aromatic carbocycles. The van der Waals surface area contributed by atoms with E-state index in [4.69, 9.17) is 9.88 Å². The quantitative estimate of drug-likeness (QED) is 0.680. The van der Waals surface area contributed by atoms with Gasteiger partial charge in [0.15, 0.2) is 5.69 Å². The van der Waals surface area contributed by atoms with Gasteiger partial charge in [-0.05, 0) is 58.4 Å². The van der Waals surface area contributed by atoms with E-state index in [9.17, 15) is 13.7 Å². The third-order valence-corrected chi connectivity index (χ3v) is 5.23. The fraction of sp³-hybridized carbons (Fsp3) is 0.0588. The summed E-state index contributed by atoms with van der Waals surface area (Å²) in [4.78, 5) is 0.00246. The van der Waals surface area contributed by atoms with E-state index < -0.39 is 10.0 Å². The molecule has 0 radical (unpaired) electrons. The second kappa shape index (κ2) is 6.92. The fourth-order valence-electron chi connectivity index (χ4n) is 2.44. The summed E-state index contributed by atoms with van der Waals surface area (Å²) in [5.74, 6) is 0.679. The highest BCUT2D eigenvalue weighted by atomic mass is 79.9. The van der Waals surface area contributed by atoms with Gasteiger partial charge >= 0.3 is 0 Å². The van der Waals surface area contributed by atoms with Gasteiger partial charge in [0.25, 0.3) is 0 Å². The van der Waals surface area contributed by atoms with Crippen molar-refractivity contribution in [1.82, 2.24) is 9.78 Å². The van der Waals surface area contributed by atoms with Crippen LogP contribution in [0.25, 0.3) is 16.9 Å². The Morgan fingerprint density at radius 1 is 1.19 bits per heavy atom. The Hall–Kier alpha value is -2.67. The Labute approximate surface area is 158 Å². The molecule has 0 amide bonds. The number of hydrogen-bond acceptors (Lipinski definition) is 5. The maximum Gasteiger partial charge on any atom is 0.238 e. The number of nitriles is 1. The van der Waals surface area contributed by atoms with Crippen molar-refractivity contribution >= 4 is 26.0 Å². The van der Waals surface area contributed by atoms with Crippen LogP contribution in [0, 0.1) is 11.3 Å². The summed E-state index contributed by atoms with van der Waals surface area (Å²) in [6.07, 6.45) is 0. The van der Waals surface area contributed by atoms with E-state index in [0.29, 0.717) is 17.1 Å². The van der Waals surface area contributed by atoms with E-state index in [1.807, 2.05) is 18.2 Å². The molecule has 3 aromatic rings. The number of halogens is 1. The van der Waals surface area contributed by atoms with Crippen molar-refractivity contribution < 1.29 is 13.2 Å². The summed E-state index contributed by atoms with van der Waals surface area (Å²) in [6.45, 7) is 0. The molecule has 0 saturated carbocycles. The van der Waals surface area contributed by atoms with E-state index in [0.717, 1.165) is 10.0 Å². The summed E-state index contributed by atoms with van der Waals surface area (Å²) >= 11 is 3.44. The van der Waals surface area contributed by atoms with Gasteiger partial charge in [-0.1, -0.05) is 0 Å². The van der Waals surface area contributed by atoms with Gasteiger partial charge in [-0.3, -0.25) is 0 Å². The number of nitrogens with two attached hydrogens (primary N) is 1. The maximum absolute atomic E-state index is 11.4. The predicted molar refractivity (Wildman–Crippen MR) is 99.3 cm³/mol. The lowest BCUT2D eigenvalue weighted by atomic mass is 10.1. The van der Waals surface area contributed by atoms with Crippen LogP contribution in [0.1, 0.15) is 5.69 Å². The van der Waals surface area contributed by atoms with E-state index in [2.05, 4.69) is 21.0 Å². The van der Waals surface area contributed by atoms with Crippen LogP contribution in [0.2, 0.25) is 0 Å². The summed E-state index contributed by atoms with van der Waals surface area (Å²) < 4.78 is 30.4. The van der Waals surface area contributed by atoms with Crippen molar-refractivity contribution in [2.24, 2.45) is 5.14 Å². The zero-order chi connectivity index (χ0) is 18.9. The van der Waals surface area contributed by atoms with Crippen LogP contribution in [0.3, 0.4) is 0 Å². The van der Waals surface area contributed by atoms with Gasteiger partial charge in [-0.15, -0.1) is 0 Å². The van der Waals surface area contributed by atoms with Crippen molar-refractivity contribution in [3.63, 3.8) is 0 Å². The van der Waals surface area contributed by atoms with Crippen LogP contribution in [-0.2, 0) is 10.0 Å². The van der Waals surface area contributed by atoms with E-state index >= 15 is 0 Å². The Balaban J connectivity index is 2.13. The van der Waals surface area contributed by atoms with Gasteiger partial charge in [-0.2, -0.15) is 10.4 Å². The highest BCUT2D eigenvalue weighted by molar-refractivity contribution is 9.10. The molecule has 7 nitrogen and oxygen atoms in total. The smallest absolute Gasteiger partial charge is 0.238 e. The summed E-state index contributed by atoms with van der Waals surface area (Å²) in [6, 6.07) is 15.1. The largest absolute Gasteiger partial charge is 0.496 e. The van der Waals surface area contributed by atoms with E-state index in [1.54, 1.807) is 36.1 Å². The molecule has 0 aliphatic heterocycles. The molecule has 0 aliphatic carbocycles. The Kier molecular flexibility index (Phi) is 4.82. The summed E-state index contributed by atoms with van der Waals surface area (Å²) in [5.41, 5.74) is 2.32. The van der Waals surface area contributed by atoms with Crippen molar-refractivity contribution in [1.29, 1.82) is 5.26 Å². The minimum Gasteiger partial charge on any atom is -0.496 e. The first kappa shape index (κ1) is 18.1. The maximum atomic E-state index is 11.4. The van der Waals surface area contributed by atoms with Crippen LogP contribution < -0.4 is 9.88 Å². The molecular weight excluding hydrogens is 420 g/mol. The molecule has 1 heterocycles. The standard InChI is InChI=1S/C17H13BrN4O3S/c1-25-17-7-2-11(8-15(17)18)16-9-12(10-19)21-22(16)13-3-5-14(6-4-13)26(20,23)24/h2-9H,1H3,(H2,20,23,24). The third kappa shape index (κ3) is 3.48. The van der Waals surface area contributed by atoms with Crippen LogP contribution in [0.4, 0.5) is 0 Å². The number of methoxy groups -OCH3 is 1. The zero-order valence-corrected chi connectivity index (χ0v) is 16.0. The van der Waals surface area contributed by atoms with Gasteiger partial charge in [0.2, 0.25) is 10.0 Å². The molecule has 3 rings (SSSR count). The molecule has 0 bridgehead atoms. The summed E-state index contributed by atoms with van der Waals surface area (Å²) in [7, 11) is -2.20. The van der Waals surface area contributed by atoms with Crippen molar-refractivity contribution in [2.75, 3.05) is 7.11 Å². The number of ether oxygens (including phenoxy) is 1. The average Bonchev–Trinajstić information content (AvgIpc) is 3.05. The number of rotatable bonds is 4. The third-order valence-electron chi connectivity index (χ3n) is 3.68. The Bertz CT molecular complexity index is 1120. The lowest BCUT2D eigenvalue weighted by molar-refractivity contribution is 0.412. The monoisotopic (exact) mass is 432 g/mol. The number of nitrogens with zero attached hydrogens (tertiary/aromatic N) is 3. The molecule has 0 aliphatic rings. The molecule has 0 unspecified atom stereocenters. The minimum atomic E-state index is -3.78. The van der Waals surface area contributed by atoms with Crippen molar-refractivity contribution in [2.45, 2.75) is 4.90 Å². The molecule has 1 aromatic heterocycles. The molecule has 132 valence electrons. The molecule has 0 saturated heterocycles. The number of hydrogen-bond donors (Lipinski definition) is 1. The van der Waals surface area contributed by atoms with E-state index in [-0.39, 0.29) is 10.6 Å². The van der Waals surface area contributed by atoms with Gasteiger partial charge in [-0.25, -0.2) is 18.2 Å². The topological polar surface area (TPSA) is 111 Å². The minimum absolute atomic E-state index is 0.00246. The number of benzene rings is 2. The van der Waals surface area contributed by atoms with Gasteiger partial charge in [0.05, 0.1) is 27.9 Å². The first-order valence-electron chi connectivity index (χ1n) is 7.31. The van der Waals surface area contributed by atoms with Crippen LogP contribution in [0.15, 0.2) is 57.9 Å². The fourth-order valence-corrected chi connectivity index (χ4v) is 3.50. The first-order chi connectivity index (χ1) is 12.3. The number of aromatic nitrogens is 2. The van der Waals surface area contributed by atoms with Gasteiger partial charge in [0.1, 0.15) is 11.8 Å². The zero-order valence-electron chi connectivity index (χ0n) is 13.5. The lowest BCUT2D eigenvalue weighted by Crippen LogP contribution is -2.12. The van der Waals surface area contributed by atoms with Crippen LogP contribution in [-0.4, -0.2) is 25.3 Å². The number of sulfonamides is 1. The molecule has 0 spiro atoms. The van der Waals surface area contributed by atoms with Crippen molar-refractivity contribution in [3.8, 4) is 28.8 Å². The molecule has 0 fully saturated rings. The predicted octanol–water partition coefficient (Wildman–Crippen LogP) is 2.83. The highest BCUT2D eigenvalue weighted by Crippen LogP contribution is 2.32. The highest BCUT2D eigenvalue weighted by Gasteiger charge is 2.14. The molecule has 0 atom stereocenters. The Morgan fingerprint density at radius 2 is 1.88 bits per heavy atom. The second-order valence-corrected chi connectivity index (χ2v) is 7.74. The van der Waals surface area contributed by atoms with Crippen LogP contribution in [0.5, 0.6) is 5.75 Å². The SMILES string of the molecule is COc1ccc(-c2cc(C#N)nn2-c2ccc(S(N)(=O)=O)cc2)cc1Br. The molecule has 9 heteroatoms. The molecule has 2 N–H and O–H groups in total. The average molecular weight is 433 g/mol. The molecule has 26 heavy (non-hydrogen) atoms. The second-order valence-electron chi connectivity index (χ2n) is 5.33. The van der Waals surface area contributed by atoms with Crippen molar-refractivity contribution in [3.05, 3.63) is 58.7 Å². The lowest BCUT2D eigenvalue weighted by Gasteiger charge is -2.10. The van der Waals surface area contributed by atoms with Gasteiger partial charge in [0, 0.05) is 11.6 Å². The van der Waals surface area contributed by atoms with Gasteiger partial charge < -0.3 is 4.74 Å². The summed E-state index contributed by atoms with van der Waals surface area (Å²) in [5, 5.41) is 18.6. The molecular formula is C17H13BrN4O3S. The van der Waals surface area contributed by atoms with Crippen LogP contribution >= 0.6 is 15.9 Å². The normalized spacial score (nSPS) is 11.2. The number of primary sulfonamides is 1. The first-order valence-corrected chi connectivity index (χ1v) is 9.65. The Morgan fingerprint density at radius 3 is 2.42 bits per heavy atom. The van der Waals surface area contributed by atoms with E-state index in [1.165, 1.54) is 12.1 Å².